The molecule has 0 radical (unpaired) electrons. The molecule has 1 aliphatic rings. The van der Waals surface area contributed by atoms with E-state index in [2.05, 4.69) is 5.32 Å². The highest BCUT2D eigenvalue weighted by atomic mass is 35.5. The molecular formula is C15H17ClFNO5. The molecule has 0 bridgehead atoms. The number of carbonyl (C=O) groups excluding carboxylic acids is 1. The van der Waals surface area contributed by atoms with Crippen molar-refractivity contribution in [1.82, 2.24) is 5.32 Å². The van der Waals surface area contributed by atoms with Crippen molar-refractivity contribution in [2.24, 2.45) is 5.92 Å². The number of carboxylic acid groups (broad SMARTS) is 1. The molecule has 1 aromatic rings. The van der Waals surface area contributed by atoms with Crippen LogP contribution in [0.25, 0.3) is 0 Å². The second-order valence-corrected chi connectivity index (χ2v) is 5.50. The highest BCUT2D eigenvalue weighted by molar-refractivity contribution is 6.30. The summed E-state index contributed by atoms with van der Waals surface area (Å²) in [6, 6.07) is 4.34. The third-order valence-corrected chi connectivity index (χ3v) is 3.78. The van der Waals surface area contributed by atoms with Gasteiger partial charge in [-0.25, -0.2) is 9.18 Å². The summed E-state index contributed by atoms with van der Waals surface area (Å²) in [7, 11) is 0. The van der Waals surface area contributed by atoms with Gasteiger partial charge in [0.25, 0.3) is 0 Å². The number of hydrogen-bond donors (Lipinski definition) is 2. The van der Waals surface area contributed by atoms with E-state index in [0.29, 0.717) is 18.6 Å². The van der Waals surface area contributed by atoms with E-state index in [1.807, 2.05) is 0 Å². The monoisotopic (exact) mass is 345 g/mol. The number of aliphatic carboxylic acids is 1. The third-order valence-electron chi connectivity index (χ3n) is 3.47. The third kappa shape index (κ3) is 4.89. The van der Waals surface area contributed by atoms with Crippen LogP contribution in [0.4, 0.5) is 4.39 Å². The van der Waals surface area contributed by atoms with E-state index in [1.54, 1.807) is 6.07 Å². The van der Waals surface area contributed by atoms with Gasteiger partial charge in [-0.3, -0.25) is 4.79 Å². The maximum atomic E-state index is 13.6. The van der Waals surface area contributed by atoms with Crippen LogP contribution in [0.1, 0.15) is 18.1 Å². The molecule has 1 amide bonds. The Morgan fingerprint density at radius 3 is 2.96 bits per heavy atom. The molecule has 1 fully saturated rings. The molecule has 2 rings (SSSR count). The van der Waals surface area contributed by atoms with E-state index in [9.17, 15) is 14.0 Å². The largest absolute Gasteiger partial charge is 0.480 e. The molecule has 126 valence electrons. The minimum absolute atomic E-state index is 0.0170. The molecule has 2 atom stereocenters. The van der Waals surface area contributed by atoms with E-state index >= 15 is 0 Å². The summed E-state index contributed by atoms with van der Waals surface area (Å²) in [6.07, 6.45) is -0.00167. The predicted octanol–water partition coefficient (Wildman–Crippen LogP) is 1.77. The highest BCUT2D eigenvalue weighted by Crippen LogP contribution is 2.35. The number of amides is 1. The van der Waals surface area contributed by atoms with E-state index in [-0.39, 0.29) is 24.1 Å². The summed E-state index contributed by atoms with van der Waals surface area (Å²) in [5.41, 5.74) is 0.562. The Hall–Kier alpha value is -1.70. The summed E-state index contributed by atoms with van der Waals surface area (Å²) in [5.74, 6) is -2.29. The highest BCUT2D eigenvalue weighted by Gasteiger charge is 2.35. The Morgan fingerprint density at radius 2 is 2.26 bits per heavy atom. The molecular weight excluding hydrogens is 329 g/mol. The van der Waals surface area contributed by atoms with Crippen molar-refractivity contribution in [1.29, 1.82) is 0 Å². The van der Waals surface area contributed by atoms with Crippen molar-refractivity contribution in [2.45, 2.75) is 12.5 Å². The Morgan fingerprint density at radius 1 is 1.48 bits per heavy atom. The molecule has 0 spiro atoms. The van der Waals surface area contributed by atoms with Crippen LogP contribution in [-0.4, -0.2) is 43.3 Å². The summed E-state index contributed by atoms with van der Waals surface area (Å²) < 4.78 is 23.9. The van der Waals surface area contributed by atoms with Crippen LogP contribution in [-0.2, 0) is 19.1 Å². The molecule has 1 saturated heterocycles. The molecule has 1 aromatic carbocycles. The number of ether oxygens (including phenoxy) is 2. The molecule has 2 N–H and O–H groups in total. The molecule has 0 unspecified atom stereocenters. The van der Waals surface area contributed by atoms with Gasteiger partial charge >= 0.3 is 5.97 Å². The van der Waals surface area contributed by atoms with Crippen LogP contribution >= 0.6 is 11.6 Å². The van der Waals surface area contributed by atoms with Crippen LogP contribution in [0.2, 0.25) is 5.02 Å². The minimum Gasteiger partial charge on any atom is -0.480 e. The topological polar surface area (TPSA) is 84.9 Å². The fraction of sp³-hybridized carbons (Fsp3) is 0.467. The lowest BCUT2D eigenvalue weighted by Gasteiger charge is -2.18. The van der Waals surface area contributed by atoms with Crippen LogP contribution in [0.15, 0.2) is 18.2 Å². The van der Waals surface area contributed by atoms with E-state index in [0.717, 1.165) is 0 Å². The summed E-state index contributed by atoms with van der Waals surface area (Å²) >= 11 is 5.66. The number of hydrogen-bond acceptors (Lipinski definition) is 4. The predicted molar refractivity (Wildman–Crippen MR) is 79.7 cm³/mol. The lowest BCUT2D eigenvalue weighted by molar-refractivity contribution is -0.142. The zero-order valence-corrected chi connectivity index (χ0v) is 13.0. The Balaban J connectivity index is 1.89. The summed E-state index contributed by atoms with van der Waals surface area (Å²) in [5, 5.41) is 11.1. The van der Waals surface area contributed by atoms with Gasteiger partial charge in [0.2, 0.25) is 5.91 Å². The molecule has 0 saturated carbocycles. The van der Waals surface area contributed by atoms with Crippen molar-refractivity contribution in [3.05, 3.63) is 34.6 Å². The van der Waals surface area contributed by atoms with E-state index in [4.69, 9.17) is 26.2 Å². The first-order chi connectivity index (χ1) is 11.0. The number of carboxylic acids is 1. The zero-order valence-electron chi connectivity index (χ0n) is 12.3. The molecule has 8 heteroatoms. The number of nitrogens with one attached hydrogen (secondary N) is 1. The maximum Gasteiger partial charge on any atom is 0.329 e. The van der Waals surface area contributed by atoms with Crippen molar-refractivity contribution in [3.8, 4) is 0 Å². The second kappa shape index (κ2) is 8.24. The smallest absolute Gasteiger partial charge is 0.329 e. The van der Waals surface area contributed by atoms with Crippen molar-refractivity contribution < 1.29 is 28.6 Å². The lowest BCUT2D eigenvalue weighted by atomic mass is 9.94. The molecule has 0 aromatic heterocycles. The average Bonchev–Trinajstić information content (AvgIpc) is 2.98. The maximum absolute atomic E-state index is 13.6. The normalized spacial score (nSPS) is 20.4. The first-order valence-corrected chi connectivity index (χ1v) is 7.50. The fourth-order valence-corrected chi connectivity index (χ4v) is 2.53. The van der Waals surface area contributed by atoms with E-state index < -0.39 is 30.4 Å². The minimum atomic E-state index is -1.06. The van der Waals surface area contributed by atoms with Gasteiger partial charge in [0.05, 0.1) is 23.7 Å². The summed E-state index contributed by atoms with van der Waals surface area (Å²) in [6.45, 7) is 0.299. The number of benzene rings is 1. The first-order valence-electron chi connectivity index (χ1n) is 7.13. The van der Waals surface area contributed by atoms with Gasteiger partial charge in [-0.15, -0.1) is 0 Å². The van der Waals surface area contributed by atoms with Gasteiger partial charge in [0, 0.05) is 13.2 Å². The van der Waals surface area contributed by atoms with Crippen molar-refractivity contribution in [3.63, 3.8) is 0 Å². The van der Waals surface area contributed by atoms with Gasteiger partial charge in [-0.2, -0.15) is 0 Å². The van der Waals surface area contributed by atoms with Gasteiger partial charge in [0.15, 0.2) is 0 Å². The fourth-order valence-electron chi connectivity index (χ4n) is 2.41. The van der Waals surface area contributed by atoms with Gasteiger partial charge in [-0.1, -0.05) is 17.7 Å². The van der Waals surface area contributed by atoms with Crippen molar-refractivity contribution >= 4 is 23.5 Å². The molecule has 1 heterocycles. The van der Waals surface area contributed by atoms with Crippen LogP contribution in [0.5, 0.6) is 0 Å². The molecule has 0 aliphatic carbocycles. The van der Waals surface area contributed by atoms with Crippen LogP contribution in [0, 0.1) is 11.7 Å². The number of rotatable bonds is 7. The Bertz CT molecular complexity index is 583. The SMILES string of the molecule is O=C(O)COCCNC(=O)[C@@H]1CCO[C@H]1c1ccc(Cl)c(F)c1. The van der Waals surface area contributed by atoms with Crippen LogP contribution in [0.3, 0.4) is 0 Å². The summed E-state index contributed by atoms with van der Waals surface area (Å²) in [4.78, 5) is 22.5. The zero-order chi connectivity index (χ0) is 16.8. The molecule has 6 nitrogen and oxygen atoms in total. The Labute approximate surface area is 137 Å². The Kier molecular flexibility index (Phi) is 6.32. The van der Waals surface area contributed by atoms with Crippen LogP contribution < -0.4 is 5.32 Å². The molecule has 23 heavy (non-hydrogen) atoms. The quantitative estimate of drug-likeness (QED) is 0.736. The number of carbonyl (C=O) groups is 2. The van der Waals surface area contributed by atoms with Gasteiger partial charge in [-0.05, 0) is 24.1 Å². The molecule has 1 aliphatic heterocycles. The first kappa shape index (κ1) is 17.7. The standard InChI is InChI=1S/C15H17ClFNO5/c16-11-2-1-9(7-12(11)17)14-10(3-5-23-14)15(21)18-4-6-22-8-13(19)20/h1-2,7,10,14H,3-6,8H2,(H,18,21)(H,19,20)/t10-,14+/m1/s1. The van der Waals surface area contributed by atoms with Crippen molar-refractivity contribution in [2.75, 3.05) is 26.4 Å². The van der Waals surface area contributed by atoms with E-state index in [1.165, 1.54) is 12.1 Å². The average molecular weight is 346 g/mol. The van der Waals surface area contributed by atoms with Gasteiger partial charge in [0.1, 0.15) is 12.4 Å². The lowest BCUT2D eigenvalue weighted by Crippen LogP contribution is -2.34. The second-order valence-electron chi connectivity index (χ2n) is 5.10. The van der Waals surface area contributed by atoms with Gasteiger partial charge < -0.3 is 19.9 Å². The number of halogens is 2.